The van der Waals surface area contributed by atoms with Gasteiger partial charge in [-0.3, -0.25) is 4.79 Å². The smallest absolute Gasteiger partial charge is 0.263 e. The van der Waals surface area contributed by atoms with Crippen LogP contribution in [-0.4, -0.2) is 26.7 Å². The molecule has 0 atom stereocenters. The highest BCUT2D eigenvalue weighted by molar-refractivity contribution is 6.30. The van der Waals surface area contributed by atoms with Crippen LogP contribution in [0.25, 0.3) is 0 Å². The number of methoxy groups -OCH3 is 2. The summed E-state index contributed by atoms with van der Waals surface area (Å²) in [4.78, 5) is 12.2. The van der Waals surface area contributed by atoms with Gasteiger partial charge in [-0.05, 0) is 48.4 Å². The molecule has 6 nitrogen and oxygen atoms in total. The molecule has 0 saturated heterocycles. The van der Waals surface area contributed by atoms with Gasteiger partial charge in [-0.15, -0.1) is 0 Å². The third-order valence-corrected chi connectivity index (χ3v) is 3.99. The Morgan fingerprint density at radius 3 is 2.48 bits per heavy atom. The zero-order valence-corrected chi connectivity index (χ0v) is 15.8. The number of carbonyl (C=O) groups is 1. The molecule has 0 aliphatic heterocycles. The predicted molar refractivity (Wildman–Crippen MR) is 105 cm³/mol. The number of nitrogens with zero attached hydrogens (tertiary/aromatic N) is 1. The summed E-state index contributed by atoms with van der Waals surface area (Å²) >= 11 is 5.82. The first-order valence-electron chi connectivity index (χ1n) is 8.19. The van der Waals surface area contributed by atoms with Crippen molar-refractivity contribution in [3.63, 3.8) is 0 Å². The number of rotatable bonds is 8. The van der Waals surface area contributed by atoms with Gasteiger partial charge in [0.25, 0.3) is 5.91 Å². The van der Waals surface area contributed by atoms with Crippen LogP contribution in [0.1, 0.15) is 5.56 Å². The van der Waals surface area contributed by atoms with Crippen LogP contribution in [0, 0.1) is 11.3 Å². The van der Waals surface area contributed by atoms with Gasteiger partial charge in [-0.1, -0.05) is 17.7 Å². The first-order valence-corrected chi connectivity index (χ1v) is 8.56. The number of nitrogens with one attached hydrogen (secondary N) is 2. The molecule has 2 rings (SSSR count). The molecule has 0 heterocycles. The van der Waals surface area contributed by atoms with Gasteiger partial charge in [-0.25, -0.2) is 0 Å². The molecule has 1 amide bonds. The monoisotopic (exact) mass is 385 g/mol. The summed E-state index contributed by atoms with van der Waals surface area (Å²) in [7, 11) is 3.15. The lowest BCUT2D eigenvalue weighted by atomic mass is 10.1. The van der Waals surface area contributed by atoms with E-state index in [9.17, 15) is 10.1 Å². The summed E-state index contributed by atoms with van der Waals surface area (Å²) in [5, 5.41) is 15.4. The second-order valence-electron chi connectivity index (χ2n) is 5.52. The van der Waals surface area contributed by atoms with Gasteiger partial charge >= 0.3 is 0 Å². The van der Waals surface area contributed by atoms with E-state index in [1.54, 1.807) is 38.5 Å². The molecule has 0 spiro atoms. The van der Waals surface area contributed by atoms with Crippen LogP contribution >= 0.6 is 11.6 Å². The summed E-state index contributed by atoms with van der Waals surface area (Å²) in [6.45, 7) is 0.383. The Kier molecular flexibility index (Phi) is 7.53. The number of hydrogen-bond acceptors (Lipinski definition) is 5. The van der Waals surface area contributed by atoms with Crippen molar-refractivity contribution in [2.24, 2.45) is 0 Å². The molecule has 0 aliphatic carbocycles. The molecule has 0 aromatic heterocycles. The van der Waals surface area contributed by atoms with Gasteiger partial charge in [0.1, 0.15) is 11.6 Å². The van der Waals surface area contributed by atoms with Crippen LogP contribution in [-0.2, 0) is 11.2 Å². The Bertz CT molecular complexity index is 858. The fourth-order valence-electron chi connectivity index (χ4n) is 2.30. The molecule has 0 saturated carbocycles. The summed E-state index contributed by atoms with van der Waals surface area (Å²) in [5.74, 6) is 0.832. The second-order valence-corrected chi connectivity index (χ2v) is 5.95. The Morgan fingerprint density at radius 1 is 1.15 bits per heavy atom. The number of anilines is 1. The first-order chi connectivity index (χ1) is 13.1. The summed E-state index contributed by atoms with van der Waals surface area (Å²) in [6.07, 6.45) is 1.96. The second kappa shape index (κ2) is 10.1. The predicted octanol–water partition coefficient (Wildman–Crippen LogP) is 3.54. The average molecular weight is 386 g/mol. The number of hydrogen-bond donors (Lipinski definition) is 2. The van der Waals surface area contributed by atoms with Crippen molar-refractivity contribution in [3.05, 3.63) is 64.8 Å². The molecule has 2 aromatic rings. The van der Waals surface area contributed by atoms with Gasteiger partial charge in [-0.2, -0.15) is 5.26 Å². The molecule has 7 heteroatoms. The molecular formula is C20H20ClN3O3. The van der Waals surface area contributed by atoms with Gasteiger partial charge in [0.2, 0.25) is 0 Å². The van der Waals surface area contributed by atoms with Crippen LogP contribution in [0.3, 0.4) is 0 Å². The average Bonchev–Trinajstić information content (AvgIpc) is 2.69. The van der Waals surface area contributed by atoms with E-state index >= 15 is 0 Å². The van der Waals surface area contributed by atoms with Gasteiger partial charge in [0.15, 0.2) is 11.5 Å². The molecule has 140 valence electrons. The van der Waals surface area contributed by atoms with Crippen LogP contribution < -0.4 is 20.1 Å². The van der Waals surface area contributed by atoms with E-state index in [0.29, 0.717) is 29.5 Å². The number of halogens is 1. The van der Waals surface area contributed by atoms with Crippen molar-refractivity contribution in [2.45, 2.75) is 6.42 Å². The van der Waals surface area contributed by atoms with E-state index in [1.165, 1.54) is 6.20 Å². The van der Waals surface area contributed by atoms with Crippen LogP contribution in [0.15, 0.2) is 54.2 Å². The molecular weight excluding hydrogens is 366 g/mol. The van der Waals surface area contributed by atoms with Gasteiger partial charge < -0.3 is 20.1 Å². The van der Waals surface area contributed by atoms with Crippen molar-refractivity contribution >= 4 is 23.2 Å². The number of carbonyl (C=O) groups excluding carboxylic acids is 1. The largest absolute Gasteiger partial charge is 0.493 e. The summed E-state index contributed by atoms with van der Waals surface area (Å²) in [6, 6.07) is 14.4. The van der Waals surface area contributed by atoms with Gasteiger partial charge in [0.05, 0.1) is 14.2 Å². The highest BCUT2D eigenvalue weighted by atomic mass is 35.5. The minimum Gasteiger partial charge on any atom is -0.493 e. The van der Waals surface area contributed by atoms with E-state index in [4.69, 9.17) is 21.1 Å². The van der Waals surface area contributed by atoms with Crippen molar-refractivity contribution in [3.8, 4) is 17.6 Å². The zero-order chi connectivity index (χ0) is 19.6. The Labute approximate surface area is 163 Å². The highest BCUT2D eigenvalue weighted by Gasteiger charge is 2.09. The number of amides is 1. The quantitative estimate of drug-likeness (QED) is 0.536. The van der Waals surface area contributed by atoms with Crippen LogP contribution in [0.2, 0.25) is 5.02 Å². The topological polar surface area (TPSA) is 83.4 Å². The maximum Gasteiger partial charge on any atom is 0.263 e. The molecule has 27 heavy (non-hydrogen) atoms. The van der Waals surface area contributed by atoms with E-state index in [-0.39, 0.29) is 5.57 Å². The first kappa shape index (κ1) is 20.1. The highest BCUT2D eigenvalue weighted by Crippen LogP contribution is 2.27. The van der Waals surface area contributed by atoms with Crippen LogP contribution in [0.4, 0.5) is 5.69 Å². The number of ether oxygens (including phenoxy) is 2. The Morgan fingerprint density at radius 2 is 1.85 bits per heavy atom. The van der Waals surface area contributed by atoms with E-state index in [0.717, 1.165) is 11.3 Å². The zero-order valence-electron chi connectivity index (χ0n) is 15.1. The minimum atomic E-state index is -0.445. The Hall–Kier alpha value is -3.17. The summed E-state index contributed by atoms with van der Waals surface area (Å²) in [5.41, 5.74) is 1.69. The van der Waals surface area contributed by atoms with Crippen molar-refractivity contribution in [1.82, 2.24) is 5.32 Å². The molecule has 0 radical (unpaired) electrons. The standard InChI is InChI=1S/C20H20ClN3O3/c1-26-18-8-3-14(11-19(18)27-2)9-10-23-20(25)15(12-22)13-24-17-6-4-16(21)5-7-17/h3-8,11,13,24H,9-10H2,1-2H3,(H,23,25)/b15-13-. The van der Waals surface area contributed by atoms with Crippen LogP contribution in [0.5, 0.6) is 11.5 Å². The molecule has 0 unspecified atom stereocenters. The molecule has 0 fully saturated rings. The lowest BCUT2D eigenvalue weighted by molar-refractivity contribution is -0.117. The normalized spacial score (nSPS) is 10.7. The molecule has 2 aromatic carbocycles. The van der Waals surface area contributed by atoms with E-state index < -0.39 is 5.91 Å². The third-order valence-electron chi connectivity index (χ3n) is 3.74. The number of benzene rings is 2. The minimum absolute atomic E-state index is 0.0164. The van der Waals surface area contributed by atoms with E-state index in [1.807, 2.05) is 24.3 Å². The fourth-order valence-corrected chi connectivity index (χ4v) is 2.43. The maximum absolute atomic E-state index is 12.2. The molecule has 0 bridgehead atoms. The number of nitriles is 1. The maximum atomic E-state index is 12.2. The van der Waals surface area contributed by atoms with Crippen molar-refractivity contribution < 1.29 is 14.3 Å². The SMILES string of the molecule is COc1ccc(CCNC(=O)/C(C#N)=C\Nc2ccc(Cl)cc2)cc1OC. The molecule has 2 N–H and O–H groups in total. The van der Waals surface area contributed by atoms with Crippen molar-refractivity contribution in [2.75, 3.05) is 26.1 Å². The Balaban J connectivity index is 1.90. The van der Waals surface area contributed by atoms with Crippen molar-refractivity contribution in [1.29, 1.82) is 5.26 Å². The third kappa shape index (κ3) is 5.94. The molecule has 0 aliphatic rings. The van der Waals surface area contributed by atoms with E-state index in [2.05, 4.69) is 10.6 Å². The lowest BCUT2D eigenvalue weighted by Crippen LogP contribution is -2.27. The fraction of sp³-hybridized carbons (Fsp3) is 0.200. The summed E-state index contributed by atoms with van der Waals surface area (Å²) < 4.78 is 10.5. The lowest BCUT2D eigenvalue weighted by Gasteiger charge is -2.10. The van der Waals surface area contributed by atoms with Gasteiger partial charge in [0, 0.05) is 23.5 Å².